The number of furan rings is 1. The molecule has 2 N–H and O–H groups in total. The summed E-state index contributed by atoms with van der Waals surface area (Å²) in [4.78, 5) is 12.9. The van der Waals surface area contributed by atoms with E-state index >= 15 is 0 Å². The molecule has 3 heterocycles. The zero-order chi connectivity index (χ0) is 17.0. The minimum Gasteiger partial charge on any atom is -0.468 e. The molecule has 7 nitrogen and oxygen atoms in total. The van der Waals surface area contributed by atoms with Crippen LogP contribution in [0.4, 0.5) is 0 Å². The summed E-state index contributed by atoms with van der Waals surface area (Å²) in [6.07, 6.45) is 4.51. The number of carbonyl (C=O) groups is 1. The third kappa shape index (κ3) is 1.36. The summed E-state index contributed by atoms with van der Waals surface area (Å²) in [6, 6.07) is 8.61. The number of nitrogens with one attached hydrogen (secondary N) is 2. The molecule has 1 aromatic rings. The minimum atomic E-state index is -1.86. The van der Waals surface area contributed by atoms with Gasteiger partial charge in [-0.2, -0.15) is 15.8 Å². The Morgan fingerprint density at radius 2 is 2.00 bits per heavy atom. The molecular formula is C17H15N5O2. The van der Waals surface area contributed by atoms with Gasteiger partial charge >= 0.3 is 0 Å². The van der Waals surface area contributed by atoms with Crippen molar-refractivity contribution in [3.8, 4) is 18.2 Å². The van der Waals surface area contributed by atoms with Crippen LogP contribution in [0.5, 0.6) is 0 Å². The first kappa shape index (κ1) is 14.8. The van der Waals surface area contributed by atoms with Crippen molar-refractivity contribution < 1.29 is 9.21 Å². The Balaban J connectivity index is 2.02. The van der Waals surface area contributed by atoms with Crippen molar-refractivity contribution in [2.45, 2.75) is 37.4 Å². The molecule has 7 heteroatoms. The van der Waals surface area contributed by atoms with Gasteiger partial charge in [-0.15, -0.1) is 0 Å². The molecule has 1 amide bonds. The molecule has 0 radical (unpaired) electrons. The molecule has 1 saturated carbocycles. The first-order chi connectivity index (χ1) is 11.6. The van der Waals surface area contributed by atoms with Crippen molar-refractivity contribution in [1.82, 2.24) is 10.6 Å². The van der Waals surface area contributed by atoms with E-state index in [9.17, 15) is 20.6 Å². The Labute approximate surface area is 138 Å². The number of carbonyl (C=O) groups excluding carboxylic acids is 1. The summed E-state index contributed by atoms with van der Waals surface area (Å²) in [5.74, 6) is -0.555. The maximum absolute atomic E-state index is 12.9. The molecule has 4 atom stereocenters. The van der Waals surface area contributed by atoms with E-state index < -0.39 is 34.4 Å². The Bertz CT molecular complexity index is 813. The van der Waals surface area contributed by atoms with Crippen LogP contribution >= 0.6 is 0 Å². The van der Waals surface area contributed by atoms with Crippen LogP contribution in [0.25, 0.3) is 0 Å². The molecule has 24 heavy (non-hydrogen) atoms. The van der Waals surface area contributed by atoms with Gasteiger partial charge in [-0.3, -0.25) is 10.1 Å². The molecule has 1 aromatic heterocycles. The number of nitrogens with zero attached hydrogens (tertiary/aromatic N) is 3. The van der Waals surface area contributed by atoms with Gasteiger partial charge in [-0.25, -0.2) is 0 Å². The number of amides is 1. The molecule has 3 aliphatic rings. The first-order valence-electron chi connectivity index (χ1n) is 7.98. The van der Waals surface area contributed by atoms with Crippen LogP contribution in [0.3, 0.4) is 0 Å². The fourth-order valence-corrected chi connectivity index (χ4v) is 4.91. The summed E-state index contributed by atoms with van der Waals surface area (Å²) in [7, 11) is 0. The second kappa shape index (κ2) is 4.60. The Kier molecular flexibility index (Phi) is 2.83. The van der Waals surface area contributed by atoms with E-state index in [1.165, 1.54) is 6.26 Å². The Morgan fingerprint density at radius 3 is 2.62 bits per heavy atom. The van der Waals surface area contributed by atoms with Crippen molar-refractivity contribution >= 4 is 5.91 Å². The van der Waals surface area contributed by atoms with Gasteiger partial charge in [0.2, 0.25) is 5.91 Å². The summed E-state index contributed by atoms with van der Waals surface area (Å²) < 4.78 is 5.44. The smallest absolute Gasteiger partial charge is 0.245 e. The number of nitriles is 3. The average Bonchev–Trinajstić information content (AvgIpc) is 3.19. The highest BCUT2D eigenvalue weighted by Gasteiger charge is 2.79. The fraction of sp³-hybridized carbons (Fsp3) is 0.529. The van der Waals surface area contributed by atoms with Crippen molar-refractivity contribution in [3.63, 3.8) is 0 Å². The molecular weight excluding hydrogens is 306 g/mol. The number of hydrogen-bond donors (Lipinski definition) is 2. The summed E-state index contributed by atoms with van der Waals surface area (Å²) in [5, 5.41) is 36.2. The van der Waals surface area contributed by atoms with E-state index in [0.29, 0.717) is 18.6 Å². The maximum atomic E-state index is 12.9. The van der Waals surface area contributed by atoms with Crippen LogP contribution in [-0.4, -0.2) is 11.6 Å². The Morgan fingerprint density at radius 1 is 1.21 bits per heavy atom. The van der Waals surface area contributed by atoms with E-state index in [-0.39, 0.29) is 0 Å². The number of piperidine rings is 1. The molecule has 0 aromatic carbocycles. The monoisotopic (exact) mass is 321 g/mol. The SMILES string of the molecule is N#CC1(C#N)[C@@H](c2ccco2)N[C@@]23CCCC[C@H]2[C@@]1(C#N)C(=O)N3. The largest absolute Gasteiger partial charge is 0.468 e. The first-order valence-corrected chi connectivity index (χ1v) is 7.98. The van der Waals surface area contributed by atoms with Gasteiger partial charge in [0.15, 0.2) is 10.8 Å². The summed E-state index contributed by atoms with van der Waals surface area (Å²) >= 11 is 0. The van der Waals surface area contributed by atoms with Gasteiger partial charge < -0.3 is 9.73 Å². The molecule has 3 fully saturated rings. The second-order valence-corrected chi connectivity index (χ2v) is 6.77. The van der Waals surface area contributed by atoms with Gasteiger partial charge in [0.1, 0.15) is 11.8 Å². The molecule has 2 bridgehead atoms. The normalized spacial score (nSPS) is 39.0. The molecule has 2 saturated heterocycles. The fourth-order valence-electron chi connectivity index (χ4n) is 4.91. The summed E-state index contributed by atoms with van der Waals surface area (Å²) in [6.45, 7) is 0. The predicted octanol–water partition coefficient (Wildman–Crippen LogP) is 1.48. The molecule has 0 spiro atoms. The third-order valence-corrected chi connectivity index (χ3v) is 5.94. The van der Waals surface area contributed by atoms with Crippen molar-refractivity contribution in [2.75, 3.05) is 0 Å². The predicted molar refractivity (Wildman–Crippen MR) is 79.1 cm³/mol. The minimum absolute atomic E-state index is 0.387. The van der Waals surface area contributed by atoms with Crippen LogP contribution in [0, 0.1) is 50.7 Å². The lowest BCUT2D eigenvalue weighted by Crippen LogP contribution is -2.68. The summed E-state index contributed by atoms with van der Waals surface area (Å²) in [5.41, 5.74) is -4.33. The van der Waals surface area contributed by atoms with E-state index in [1.807, 2.05) is 12.1 Å². The Hall–Kier alpha value is -2.82. The van der Waals surface area contributed by atoms with Crippen LogP contribution in [0.1, 0.15) is 37.5 Å². The lowest BCUT2D eigenvalue weighted by molar-refractivity contribution is -0.130. The molecule has 120 valence electrons. The molecule has 1 aliphatic carbocycles. The maximum Gasteiger partial charge on any atom is 0.245 e. The van der Waals surface area contributed by atoms with Crippen LogP contribution < -0.4 is 10.6 Å². The quantitative estimate of drug-likeness (QED) is 0.807. The average molecular weight is 321 g/mol. The van der Waals surface area contributed by atoms with Crippen molar-refractivity contribution in [1.29, 1.82) is 15.8 Å². The van der Waals surface area contributed by atoms with Gasteiger partial charge in [0.25, 0.3) is 0 Å². The van der Waals surface area contributed by atoms with E-state index in [4.69, 9.17) is 4.42 Å². The van der Waals surface area contributed by atoms with Gasteiger partial charge in [-0.1, -0.05) is 6.42 Å². The van der Waals surface area contributed by atoms with Gasteiger partial charge in [-0.05, 0) is 31.4 Å². The molecule has 4 rings (SSSR count). The van der Waals surface area contributed by atoms with Crippen molar-refractivity contribution in [2.24, 2.45) is 16.7 Å². The molecule has 0 unspecified atom stereocenters. The number of rotatable bonds is 1. The van der Waals surface area contributed by atoms with Crippen LogP contribution in [-0.2, 0) is 4.79 Å². The van der Waals surface area contributed by atoms with Crippen LogP contribution in [0.2, 0.25) is 0 Å². The number of hydrogen-bond acceptors (Lipinski definition) is 6. The van der Waals surface area contributed by atoms with Crippen molar-refractivity contribution in [3.05, 3.63) is 24.2 Å². The highest BCUT2D eigenvalue weighted by atomic mass is 16.3. The lowest BCUT2D eigenvalue weighted by Gasteiger charge is -2.53. The van der Waals surface area contributed by atoms with E-state index in [1.54, 1.807) is 12.1 Å². The molecule has 2 aliphatic heterocycles. The topological polar surface area (TPSA) is 126 Å². The van der Waals surface area contributed by atoms with Crippen LogP contribution in [0.15, 0.2) is 22.8 Å². The van der Waals surface area contributed by atoms with E-state index in [2.05, 4.69) is 16.7 Å². The highest BCUT2D eigenvalue weighted by Crippen LogP contribution is 2.64. The van der Waals surface area contributed by atoms with Gasteiger partial charge in [0, 0.05) is 5.92 Å². The highest BCUT2D eigenvalue weighted by molar-refractivity contribution is 5.92. The zero-order valence-corrected chi connectivity index (χ0v) is 12.9. The standard InChI is InChI=1S/C17H15N5O2/c18-8-15(9-19)13(11-4-3-7-24-11)21-17-6-2-1-5-12(17)16(15,10-20)14(23)22-17/h3-4,7,12-13,21H,1-2,5-6H2,(H,22,23)/t12-,13+,16-,17+/m0/s1. The lowest BCUT2D eigenvalue weighted by atomic mass is 9.50. The third-order valence-electron chi connectivity index (χ3n) is 5.94. The zero-order valence-electron chi connectivity index (χ0n) is 12.9. The van der Waals surface area contributed by atoms with Gasteiger partial charge in [0.05, 0.1) is 30.1 Å². The second-order valence-electron chi connectivity index (χ2n) is 6.77. The van der Waals surface area contributed by atoms with E-state index in [0.717, 1.165) is 12.8 Å².